The Morgan fingerprint density at radius 3 is 2.90 bits per heavy atom. The van der Waals surface area contributed by atoms with Gasteiger partial charge in [-0.05, 0) is 43.5 Å². The average molecular weight is 303 g/mol. The van der Waals surface area contributed by atoms with Gasteiger partial charge >= 0.3 is 0 Å². The minimum atomic E-state index is 0.664. The van der Waals surface area contributed by atoms with E-state index in [1.807, 2.05) is 5.51 Å². The Morgan fingerprint density at radius 2 is 2.14 bits per heavy atom. The molecule has 3 nitrogen and oxygen atoms in total. The lowest BCUT2D eigenvalue weighted by molar-refractivity contribution is 0.179. The lowest BCUT2D eigenvalue weighted by atomic mass is 10.0. The molecule has 1 aromatic carbocycles. The third-order valence-corrected chi connectivity index (χ3v) is 5.15. The molecule has 0 unspecified atom stereocenters. The maximum atomic E-state index is 4.40. The predicted molar refractivity (Wildman–Crippen MR) is 90.8 cm³/mol. The molecular weight excluding hydrogens is 278 g/mol. The summed E-state index contributed by atoms with van der Waals surface area (Å²) in [5.74, 6) is 0.776. The van der Waals surface area contributed by atoms with Gasteiger partial charge in [-0.3, -0.25) is 0 Å². The molecule has 0 spiro atoms. The summed E-state index contributed by atoms with van der Waals surface area (Å²) in [6, 6.07) is 7.10. The van der Waals surface area contributed by atoms with Crippen LogP contribution in [0.1, 0.15) is 32.3 Å². The van der Waals surface area contributed by atoms with Gasteiger partial charge in [0.05, 0.1) is 15.7 Å². The zero-order valence-corrected chi connectivity index (χ0v) is 13.8. The Kier molecular flexibility index (Phi) is 4.88. The van der Waals surface area contributed by atoms with E-state index in [4.69, 9.17) is 0 Å². The molecule has 1 aliphatic rings. The van der Waals surface area contributed by atoms with Crippen molar-refractivity contribution in [2.75, 3.05) is 19.6 Å². The van der Waals surface area contributed by atoms with Crippen LogP contribution in [0.25, 0.3) is 10.2 Å². The number of likely N-dealkylation sites (tertiary alicyclic amines) is 1. The second-order valence-electron chi connectivity index (χ2n) is 6.47. The molecule has 4 heteroatoms. The molecule has 0 atom stereocenters. The van der Waals surface area contributed by atoms with Crippen molar-refractivity contribution in [1.29, 1.82) is 0 Å². The van der Waals surface area contributed by atoms with Crippen molar-refractivity contribution in [2.45, 2.75) is 39.3 Å². The zero-order chi connectivity index (χ0) is 14.7. The van der Waals surface area contributed by atoms with E-state index in [0.29, 0.717) is 6.04 Å². The van der Waals surface area contributed by atoms with Crippen LogP contribution >= 0.6 is 11.3 Å². The Hall–Kier alpha value is -0.970. The number of hydrogen-bond acceptors (Lipinski definition) is 4. The summed E-state index contributed by atoms with van der Waals surface area (Å²) < 4.78 is 1.34. The van der Waals surface area contributed by atoms with Gasteiger partial charge in [0, 0.05) is 19.1 Å². The summed E-state index contributed by atoms with van der Waals surface area (Å²) in [4.78, 5) is 7.00. The highest BCUT2D eigenvalue weighted by Crippen LogP contribution is 2.22. The predicted octanol–water partition coefficient (Wildman–Crippen LogP) is 3.51. The summed E-state index contributed by atoms with van der Waals surface area (Å²) in [7, 11) is 0. The van der Waals surface area contributed by atoms with Gasteiger partial charge in [0.1, 0.15) is 0 Å². The van der Waals surface area contributed by atoms with Crippen molar-refractivity contribution in [3.63, 3.8) is 0 Å². The van der Waals surface area contributed by atoms with E-state index < -0.39 is 0 Å². The van der Waals surface area contributed by atoms with E-state index >= 15 is 0 Å². The normalized spacial score (nSPS) is 17.9. The number of rotatable bonds is 5. The molecule has 1 saturated heterocycles. The van der Waals surface area contributed by atoms with Crippen LogP contribution in [0.2, 0.25) is 0 Å². The SMILES string of the molecule is CC(C)CN1CCC(NCc2cccc3ncsc23)CC1. The quantitative estimate of drug-likeness (QED) is 0.916. The molecule has 2 aromatic rings. The lowest BCUT2D eigenvalue weighted by Gasteiger charge is -2.33. The Labute approximate surface area is 131 Å². The van der Waals surface area contributed by atoms with Gasteiger partial charge in [-0.1, -0.05) is 26.0 Å². The molecule has 0 bridgehead atoms. The number of piperidine rings is 1. The monoisotopic (exact) mass is 303 g/mol. The van der Waals surface area contributed by atoms with Crippen LogP contribution in [-0.2, 0) is 6.54 Å². The third-order valence-electron chi connectivity index (χ3n) is 4.23. The molecule has 1 aliphatic heterocycles. The first-order chi connectivity index (χ1) is 10.2. The van der Waals surface area contributed by atoms with E-state index in [9.17, 15) is 0 Å². The number of hydrogen-bond donors (Lipinski definition) is 1. The summed E-state index contributed by atoms with van der Waals surface area (Å²) >= 11 is 1.75. The van der Waals surface area contributed by atoms with Crippen LogP contribution in [0.4, 0.5) is 0 Å². The molecule has 114 valence electrons. The van der Waals surface area contributed by atoms with Gasteiger partial charge in [-0.2, -0.15) is 0 Å². The summed E-state index contributed by atoms with van der Waals surface area (Å²) in [6.07, 6.45) is 2.54. The zero-order valence-electron chi connectivity index (χ0n) is 13.0. The highest BCUT2D eigenvalue weighted by atomic mass is 32.1. The lowest BCUT2D eigenvalue weighted by Crippen LogP contribution is -2.43. The molecule has 1 fully saturated rings. The number of thiazole rings is 1. The Balaban J connectivity index is 1.51. The Bertz CT molecular complexity index is 570. The molecular formula is C17H25N3S. The number of benzene rings is 1. The van der Waals surface area contributed by atoms with Gasteiger partial charge < -0.3 is 10.2 Å². The number of nitrogens with one attached hydrogen (secondary N) is 1. The standard InChI is InChI=1S/C17H25N3S/c1-13(2)11-20-8-6-15(7-9-20)18-10-14-4-3-5-16-17(14)21-12-19-16/h3-5,12-13,15,18H,6-11H2,1-2H3. The third kappa shape index (κ3) is 3.82. The molecule has 21 heavy (non-hydrogen) atoms. The maximum Gasteiger partial charge on any atom is 0.0815 e. The first-order valence-corrected chi connectivity index (χ1v) is 8.87. The van der Waals surface area contributed by atoms with Crippen LogP contribution in [-0.4, -0.2) is 35.6 Å². The largest absolute Gasteiger partial charge is 0.310 e. The fourth-order valence-corrected chi connectivity index (χ4v) is 3.98. The molecule has 0 saturated carbocycles. The number of nitrogens with zero attached hydrogens (tertiary/aromatic N) is 2. The van der Waals surface area contributed by atoms with Crippen LogP contribution in [0, 0.1) is 5.92 Å². The minimum Gasteiger partial charge on any atom is -0.310 e. The molecule has 1 N–H and O–H groups in total. The second kappa shape index (κ2) is 6.86. The molecule has 1 aromatic heterocycles. The van der Waals surface area contributed by atoms with E-state index in [0.717, 1.165) is 18.0 Å². The van der Waals surface area contributed by atoms with E-state index in [2.05, 4.69) is 47.2 Å². The minimum absolute atomic E-state index is 0.664. The highest BCUT2D eigenvalue weighted by molar-refractivity contribution is 7.16. The van der Waals surface area contributed by atoms with E-state index in [-0.39, 0.29) is 0 Å². The first-order valence-electron chi connectivity index (χ1n) is 7.99. The van der Waals surface area contributed by atoms with Crippen molar-refractivity contribution in [3.05, 3.63) is 29.3 Å². The van der Waals surface area contributed by atoms with Gasteiger partial charge in [0.15, 0.2) is 0 Å². The number of aromatic nitrogens is 1. The highest BCUT2D eigenvalue weighted by Gasteiger charge is 2.19. The summed E-state index contributed by atoms with van der Waals surface area (Å²) in [6.45, 7) is 9.29. The molecule has 2 heterocycles. The van der Waals surface area contributed by atoms with Gasteiger partial charge in [0.2, 0.25) is 0 Å². The van der Waals surface area contributed by atoms with Crippen LogP contribution in [0.15, 0.2) is 23.7 Å². The number of fused-ring (bicyclic) bond motifs is 1. The smallest absolute Gasteiger partial charge is 0.0815 e. The van der Waals surface area contributed by atoms with Crippen molar-refractivity contribution in [1.82, 2.24) is 15.2 Å². The van der Waals surface area contributed by atoms with Crippen molar-refractivity contribution >= 4 is 21.6 Å². The van der Waals surface area contributed by atoms with E-state index in [1.165, 1.54) is 42.7 Å². The first kappa shape index (κ1) is 14.9. The molecule has 0 radical (unpaired) electrons. The van der Waals surface area contributed by atoms with Gasteiger partial charge in [-0.15, -0.1) is 11.3 Å². The van der Waals surface area contributed by atoms with E-state index in [1.54, 1.807) is 11.3 Å². The maximum absolute atomic E-state index is 4.40. The fourth-order valence-electron chi connectivity index (χ4n) is 3.17. The average Bonchev–Trinajstić information content (AvgIpc) is 2.95. The van der Waals surface area contributed by atoms with Crippen LogP contribution in [0.3, 0.4) is 0 Å². The Morgan fingerprint density at radius 1 is 1.33 bits per heavy atom. The molecule has 0 aliphatic carbocycles. The van der Waals surface area contributed by atoms with Crippen molar-refractivity contribution in [2.24, 2.45) is 5.92 Å². The van der Waals surface area contributed by atoms with Gasteiger partial charge in [-0.25, -0.2) is 4.98 Å². The van der Waals surface area contributed by atoms with Gasteiger partial charge in [0.25, 0.3) is 0 Å². The summed E-state index contributed by atoms with van der Waals surface area (Å²) in [5, 5.41) is 3.75. The van der Waals surface area contributed by atoms with Crippen molar-refractivity contribution in [3.8, 4) is 0 Å². The molecule has 3 rings (SSSR count). The van der Waals surface area contributed by atoms with Crippen LogP contribution < -0.4 is 5.32 Å². The molecule has 0 amide bonds. The topological polar surface area (TPSA) is 28.2 Å². The second-order valence-corrected chi connectivity index (χ2v) is 7.32. The fraction of sp³-hybridized carbons (Fsp3) is 0.588. The van der Waals surface area contributed by atoms with Crippen LogP contribution in [0.5, 0.6) is 0 Å². The van der Waals surface area contributed by atoms with Crippen molar-refractivity contribution < 1.29 is 0 Å². The summed E-state index contributed by atoms with van der Waals surface area (Å²) in [5.41, 5.74) is 4.46.